The second kappa shape index (κ2) is 4.99. The SMILES string of the molecule is CCNC1CC(CC)(C2CC2)Oc2ccc(Cl)cc21. The molecule has 1 aliphatic carbocycles. The highest BCUT2D eigenvalue weighted by Gasteiger charge is 2.50. The van der Waals surface area contributed by atoms with E-state index in [1.165, 1.54) is 18.4 Å². The zero-order valence-electron chi connectivity index (χ0n) is 11.7. The molecule has 0 radical (unpaired) electrons. The van der Waals surface area contributed by atoms with E-state index in [1.54, 1.807) is 0 Å². The molecule has 0 spiro atoms. The predicted octanol–water partition coefficient (Wildman–Crippen LogP) is 4.33. The third-order valence-corrected chi connectivity index (χ3v) is 4.82. The number of hydrogen-bond acceptors (Lipinski definition) is 2. The first-order chi connectivity index (χ1) is 9.18. The van der Waals surface area contributed by atoms with Gasteiger partial charge in [-0.25, -0.2) is 0 Å². The Labute approximate surface area is 120 Å². The lowest BCUT2D eigenvalue weighted by molar-refractivity contribution is 0.00594. The second-order valence-electron chi connectivity index (χ2n) is 5.79. The number of hydrogen-bond donors (Lipinski definition) is 1. The molecular formula is C16H22ClNO. The molecule has 2 unspecified atom stereocenters. The lowest BCUT2D eigenvalue weighted by Gasteiger charge is -2.42. The van der Waals surface area contributed by atoms with Gasteiger partial charge in [-0.2, -0.15) is 0 Å². The van der Waals surface area contributed by atoms with E-state index in [0.29, 0.717) is 6.04 Å². The monoisotopic (exact) mass is 279 g/mol. The molecule has 0 saturated heterocycles. The Bertz CT molecular complexity index is 472. The van der Waals surface area contributed by atoms with Crippen LogP contribution >= 0.6 is 11.6 Å². The summed E-state index contributed by atoms with van der Waals surface area (Å²) in [5.41, 5.74) is 1.26. The lowest BCUT2D eigenvalue weighted by atomic mass is 9.82. The lowest BCUT2D eigenvalue weighted by Crippen LogP contribution is -2.45. The standard InChI is InChI=1S/C16H22ClNO/c1-3-16(11-5-6-11)10-14(18-4-2)13-9-12(17)7-8-15(13)19-16/h7-9,11,14,18H,3-6,10H2,1-2H3. The summed E-state index contributed by atoms with van der Waals surface area (Å²) in [5.74, 6) is 1.76. The Kier molecular flexibility index (Phi) is 3.48. The van der Waals surface area contributed by atoms with Crippen molar-refractivity contribution in [1.29, 1.82) is 0 Å². The van der Waals surface area contributed by atoms with E-state index in [4.69, 9.17) is 16.3 Å². The van der Waals surface area contributed by atoms with Crippen molar-refractivity contribution >= 4 is 11.6 Å². The average Bonchev–Trinajstić information content (AvgIpc) is 3.24. The fourth-order valence-corrected chi connectivity index (χ4v) is 3.57. The van der Waals surface area contributed by atoms with Crippen molar-refractivity contribution in [1.82, 2.24) is 5.32 Å². The zero-order chi connectivity index (χ0) is 13.5. The molecule has 0 bridgehead atoms. The molecule has 2 nitrogen and oxygen atoms in total. The molecule has 1 N–H and O–H groups in total. The predicted molar refractivity (Wildman–Crippen MR) is 78.9 cm³/mol. The minimum Gasteiger partial charge on any atom is -0.487 e. The molecular weight excluding hydrogens is 258 g/mol. The molecule has 3 heteroatoms. The number of fused-ring (bicyclic) bond motifs is 1. The smallest absolute Gasteiger partial charge is 0.125 e. The summed E-state index contributed by atoms with van der Waals surface area (Å²) in [7, 11) is 0. The highest BCUT2D eigenvalue weighted by atomic mass is 35.5. The molecule has 2 atom stereocenters. The van der Waals surface area contributed by atoms with Gasteiger partial charge in [-0.1, -0.05) is 25.4 Å². The Morgan fingerprint density at radius 2 is 2.16 bits per heavy atom. The fourth-order valence-electron chi connectivity index (χ4n) is 3.39. The maximum Gasteiger partial charge on any atom is 0.125 e. The van der Waals surface area contributed by atoms with Crippen molar-refractivity contribution in [3.63, 3.8) is 0 Å². The van der Waals surface area contributed by atoms with Crippen LogP contribution in [0.1, 0.15) is 51.1 Å². The van der Waals surface area contributed by atoms with E-state index in [1.807, 2.05) is 12.1 Å². The van der Waals surface area contributed by atoms with Crippen molar-refractivity contribution in [2.45, 2.75) is 51.2 Å². The van der Waals surface area contributed by atoms with Crippen LogP contribution in [0.15, 0.2) is 18.2 Å². The van der Waals surface area contributed by atoms with Gasteiger partial charge in [0.2, 0.25) is 0 Å². The fraction of sp³-hybridized carbons (Fsp3) is 0.625. The number of rotatable bonds is 4. The highest BCUT2D eigenvalue weighted by Crippen LogP contribution is 2.52. The van der Waals surface area contributed by atoms with Crippen molar-refractivity contribution in [2.75, 3.05) is 6.54 Å². The number of ether oxygens (including phenoxy) is 1. The van der Waals surface area contributed by atoms with Gasteiger partial charge >= 0.3 is 0 Å². The molecule has 104 valence electrons. The molecule has 2 aliphatic rings. The normalized spacial score (nSPS) is 29.7. The third kappa shape index (κ3) is 2.36. The summed E-state index contributed by atoms with van der Waals surface area (Å²) in [6, 6.07) is 6.39. The summed E-state index contributed by atoms with van der Waals surface area (Å²) in [5, 5.41) is 4.39. The van der Waals surface area contributed by atoms with Gasteiger partial charge in [0.25, 0.3) is 0 Å². The van der Waals surface area contributed by atoms with Gasteiger partial charge < -0.3 is 10.1 Å². The number of nitrogens with one attached hydrogen (secondary N) is 1. The van der Waals surface area contributed by atoms with Crippen LogP contribution in [-0.4, -0.2) is 12.1 Å². The van der Waals surface area contributed by atoms with Gasteiger partial charge in [0.1, 0.15) is 11.4 Å². The molecule has 1 aromatic rings. The summed E-state index contributed by atoms with van der Waals surface area (Å²) < 4.78 is 6.43. The maximum atomic E-state index is 6.43. The average molecular weight is 280 g/mol. The van der Waals surface area contributed by atoms with Crippen LogP contribution in [0.3, 0.4) is 0 Å². The van der Waals surface area contributed by atoms with E-state index >= 15 is 0 Å². The molecule has 1 saturated carbocycles. The maximum absolute atomic E-state index is 6.43. The van der Waals surface area contributed by atoms with E-state index in [9.17, 15) is 0 Å². The molecule has 1 fully saturated rings. The Morgan fingerprint density at radius 1 is 1.37 bits per heavy atom. The van der Waals surface area contributed by atoms with Crippen molar-refractivity contribution in [3.05, 3.63) is 28.8 Å². The van der Waals surface area contributed by atoms with E-state index in [0.717, 1.165) is 36.1 Å². The first-order valence-electron chi connectivity index (χ1n) is 7.40. The van der Waals surface area contributed by atoms with Gasteiger partial charge in [0.05, 0.1) is 0 Å². The molecule has 1 aliphatic heterocycles. The Morgan fingerprint density at radius 3 is 2.79 bits per heavy atom. The molecule has 0 aromatic heterocycles. The molecule has 19 heavy (non-hydrogen) atoms. The summed E-state index contributed by atoms with van der Waals surface area (Å²) in [6.07, 6.45) is 4.78. The van der Waals surface area contributed by atoms with Crippen LogP contribution in [0.25, 0.3) is 0 Å². The quantitative estimate of drug-likeness (QED) is 0.886. The van der Waals surface area contributed by atoms with Crippen LogP contribution < -0.4 is 10.1 Å². The Balaban J connectivity index is 1.98. The topological polar surface area (TPSA) is 21.3 Å². The van der Waals surface area contributed by atoms with Crippen molar-refractivity contribution in [3.8, 4) is 5.75 Å². The van der Waals surface area contributed by atoms with E-state index < -0.39 is 0 Å². The number of halogens is 1. The molecule has 1 aromatic carbocycles. The van der Waals surface area contributed by atoms with Crippen LogP contribution in [0.2, 0.25) is 5.02 Å². The first-order valence-corrected chi connectivity index (χ1v) is 7.78. The number of benzene rings is 1. The molecule has 0 amide bonds. The van der Waals surface area contributed by atoms with Gasteiger partial charge in [-0.3, -0.25) is 0 Å². The summed E-state index contributed by atoms with van der Waals surface area (Å²) >= 11 is 6.14. The van der Waals surface area contributed by atoms with Crippen LogP contribution in [-0.2, 0) is 0 Å². The van der Waals surface area contributed by atoms with E-state index in [-0.39, 0.29) is 5.60 Å². The van der Waals surface area contributed by atoms with Gasteiger partial charge in [0, 0.05) is 23.0 Å². The van der Waals surface area contributed by atoms with Gasteiger partial charge in [0.15, 0.2) is 0 Å². The van der Waals surface area contributed by atoms with Crippen LogP contribution in [0.5, 0.6) is 5.75 Å². The van der Waals surface area contributed by atoms with Crippen LogP contribution in [0.4, 0.5) is 0 Å². The second-order valence-corrected chi connectivity index (χ2v) is 6.23. The Hall–Kier alpha value is -0.730. The molecule has 1 heterocycles. The minimum absolute atomic E-state index is 0.0354. The van der Waals surface area contributed by atoms with Crippen LogP contribution in [0, 0.1) is 5.92 Å². The first kappa shape index (κ1) is 13.3. The molecule has 3 rings (SSSR count). The highest BCUT2D eigenvalue weighted by molar-refractivity contribution is 6.30. The zero-order valence-corrected chi connectivity index (χ0v) is 12.5. The minimum atomic E-state index is 0.0354. The largest absolute Gasteiger partial charge is 0.487 e. The van der Waals surface area contributed by atoms with Gasteiger partial charge in [-0.05, 0) is 49.9 Å². The summed E-state index contributed by atoms with van der Waals surface area (Å²) in [6.45, 7) is 5.38. The van der Waals surface area contributed by atoms with E-state index in [2.05, 4.69) is 25.2 Å². The van der Waals surface area contributed by atoms with Gasteiger partial charge in [-0.15, -0.1) is 0 Å². The summed E-state index contributed by atoms with van der Waals surface area (Å²) in [4.78, 5) is 0. The third-order valence-electron chi connectivity index (χ3n) is 4.58. The van der Waals surface area contributed by atoms with Crippen molar-refractivity contribution in [2.24, 2.45) is 5.92 Å². The van der Waals surface area contributed by atoms with Crippen molar-refractivity contribution < 1.29 is 4.74 Å².